The molecule has 9 heteroatoms. The second-order valence-electron chi connectivity index (χ2n) is 7.49. The number of hydrogen-bond donors (Lipinski definition) is 0. The Bertz CT molecular complexity index is 1260. The zero-order chi connectivity index (χ0) is 25.4. The lowest BCUT2D eigenvalue weighted by atomic mass is 10.0. The van der Waals surface area contributed by atoms with E-state index in [0.29, 0.717) is 18.1 Å². The highest BCUT2D eigenvalue weighted by Gasteiger charge is 2.26. The van der Waals surface area contributed by atoms with Crippen molar-refractivity contribution in [1.29, 1.82) is 0 Å². The Morgan fingerprint density at radius 1 is 0.857 bits per heavy atom. The zero-order valence-electron chi connectivity index (χ0n) is 19.2. The molecule has 180 valence electrons. The Labute approximate surface area is 201 Å². The van der Waals surface area contributed by atoms with Gasteiger partial charge in [-0.1, -0.05) is 66.2 Å². The third-order valence-electron chi connectivity index (χ3n) is 4.88. The van der Waals surface area contributed by atoms with Gasteiger partial charge >= 0.3 is 19.0 Å². The number of aromatic nitrogens is 2. The molecule has 0 aliphatic rings. The van der Waals surface area contributed by atoms with Gasteiger partial charge in [-0.25, -0.2) is 4.79 Å². The first-order valence-corrected chi connectivity index (χ1v) is 10.9. The van der Waals surface area contributed by atoms with Crippen LogP contribution in [0.15, 0.2) is 91.1 Å². The summed E-state index contributed by atoms with van der Waals surface area (Å²) < 4.78 is 46.3. The Balaban J connectivity index is 0.000000623. The second-order valence-corrected chi connectivity index (χ2v) is 7.49. The van der Waals surface area contributed by atoms with Gasteiger partial charge in [0.25, 0.3) is 0 Å². The zero-order valence-corrected chi connectivity index (χ0v) is 19.2. The van der Waals surface area contributed by atoms with E-state index in [1.165, 1.54) is 5.56 Å². The molecule has 2 heterocycles. The molecule has 0 aliphatic heterocycles. The molecule has 0 N–H and O–H groups in total. The molecule has 35 heavy (non-hydrogen) atoms. The van der Waals surface area contributed by atoms with Crippen LogP contribution in [-0.2, 0) is 4.74 Å². The van der Waals surface area contributed by atoms with Crippen LogP contribution in [0, 0.1) is 6.92 Å². The smallest absolute Gasteiger partial charge is 0.460 e. The van der Waals surface area contributed by atoms with Crippen LogP contribution >= 0.6 is 0 Å². The average Bonchev–Trinajstić information content (AvgIpc) is 2.84. The van der Waals surface area contributed by atoms with Gasteiger partial charge < -0.3 is 22.0 Å². The summed E-state index contributed by atoms with van der Waals surface area (Å²) in [4.78, 5) is 17.5. The van der Waals surface area contributed by atoms with Gasteiger partial charge in [0.2, 0.25) is 5.69 Å². The Kier molecular flexibility index (Phi) is 8.36. The normalized spacial score (nSPS) is 10.8. The van der Waals surface area contributed by atoms with Crippen molar-refractivity contribution in [2.45, 2.75) is 13.8 Å². The van der Waals surface area contributed by atoms with Gasteiger partial charge in [0.15, 0.2) is 0 Å². The molecule has 4 nitrogen and oxygen atoms in total. The van der Waals surface area contributed by atoms with E-state index in [2.05, 4.69) is 42.2 Å². The van der Waals surface area contributed by atoms with E-state index >= 15 is 0 Å². The molecule has 0 aliphatic carbocycles. The molecule has 2 aromatic carbocycles. The Morgan fingerprint density at radius 2 is 1.49 bits per heavy atom. The van der Waals surface area contributed by atoms with Crippen molar-refractivity contribution < 1.29 is 31.4 Å². The van der Waals surface area contributed by atoms with E-state index < -0.39 is 7.25 Å². The first-order valence-electron chi connectivity index (χ1n) is 10.9. The standard InChI is InChI=1S/C26H23N2O2.BF4/c1-3-30-26(29)24-18-22(20-14-12-19(2)13-15-20)17-23(21-9-5-4-6-10-21)28(24)25-11-7-8-16-27-25;2-1(3,4)5/h4-18H,3H2,1-2H3;/q+1;-1. The first kappa shape index (κ1) is 25.6. The SMILES string of the molecule is CCOC(=O)c1cc(-c2ccc(C)cc2)cc(-c2ccccc2)[n+]1-c1ccccn1.F[B-](F)(F)F. The summed E-state index contributed by atoms with van der Waals surface area (Å²) in [6.45, 7) is 4.17. The maximum absolute atomic E-state index is 13.0. The molecule has 0 amide bonds. The van der Waals surface area contributed by atoms with Crippen molar-refractivity contribution in [3.05, 3.63) is 102 Å². The Hall–Kier alpha value is -4.01. The molecule has 0 fully saturated rings. The highest BCUT2D eigenvalue weighted by molar-refractivity contribution is 6.50. The van der Waals surface area contributed by atoms with Gasteiger partial charge in [-0.15, -0.1) is 0 Å². The maximum Gasteiger partial charge on any atom is 0.673 e. The molecule has 4 rings (SSSR count). The number of benzene rings is 2. The minimum Gasteiger partial charge on any atom is -0.460 e. The lowest BCUT2D eigenvalue weighted by molar-refractivity contribution is -0.591. The number of rotatable bonds is 5. The van der Waals surface area contributed by atoms with Gasteiger partial charge in [-0.3, -0.25) is 0 Å². The highest BCUT2D eigenvalue weighted by Crippen LogP contribution is 2.27. The van der Waals surface area contributed by atoms with Crippen LogP contribution in [0.3, 0.4) is 0 Å². The molecular formula is C26H23BF4N2O2. The van der Waals surface area contributed by atoms with Crippen molar-refractivity contribution >= 4 is 13.2 Å². The van der Waals surface area contributed by atoms with Crippen LogP contribution in [-0.4, -0.2) is 24.8 Å². The second kappa shape index (κ2) is 11.4. The maximum atomic E-state index is 13.0. The van der Waals surface area contributed by atoms with Gasteiger partial charge in [-0.2, -0.15) is 4.57 Å². The van der Waals surface area contributed by atoms with E-state index in [1.54, 1.807) is 6.20 Å². The van der Waals surface area contributed by atoms with Crippen LogP contribution in [0.4, 0.5) is 17.3 Å². The van der Waals surface area contributed by atoms with Crippen LogP contribution in [0.25, 0.3) is 28.2 Å². The Morgan fingerprint density at radius 3 is 2.06 bits per heavy atom. The molecule has 0 unspecified atom stereocenters. The molecule has 4 aromatic rings. The lowest BCUT2D eigenvalue weighted by Gasteiger charge is -2.14. The number of hydrogen-bond acceptors (Lipinski definition) is 3. The lowest BCUT2D eigenvalue weighted by Crippen LogP contribution is -2.42. The highest BCUT2D eigenvalue weighted by atomic mass is 19.5. The molecule has 0 spiro atoms. The summed E-state index contributed by atoms with van der Waals surface area (Å²) in [6.07, 6.45) is 1.72. The number of carbonyl (C=O) groups excluding carboxylic acids is 1. The summed E-state index contributed by atoms with van der Waals surface area (Å²) in [5.41, 5.74) is 5.47. The van der Waals surface area contributed by atoms with Gasteiger partial charge in [0.1, 0.15) is 11.9 Å². The van der Waals surface area contributed by atoms with E-state index in [9.17, 15) is 22.1 Å². The van der Waals surface area contributed by atoms with Crippen molar-refractivity contribution in [1.82, 2.24) is 4.98 Å². The van der Waals surface area contributed by atoms with Crippen molar-refractivity contribution in [2.75, 3.05) is 6.61 Å². The molecule has 0 saturated carbocycles. The van der Waals surface area contributed by atoms with E-state index in [0.717, 1.165) is 22.4 Å². The summed E-state index contributed by atoms with van der Waals surface area (Å²) in [6, 6.07) is 27.9. The predicted octanol–water partition coefficient (Wildman–Crippen LogP) is 6.48. The number of ether oxygens (including phenoxy) is 1. The number of carbonyl (C=O) groups is 1. The molecule has 2 aromatic heterocycles. The predicted molar refractivity (Wildman–Crippen MR) is 128 cm³/mol. The third kappa shape index (κ3) is 7.24. The van der Waals surface area contributed by atoms with Crippen LogP contribution in [0.1, 0.15) is 23.0 Å². The molecule has 0 bridgehead atoms. The fourth-order valence-corrected chi connectivity index (χ4v) is 3.42. The summed E-state index contributed by atoms with van der Waals surface area (Å²) in [5, 5.41) is 0. The molecule has 0 radical (unpaired) electrons. The van der Waals surface area contributed by atoms with Gasteiger partial charge in [-0.05, 0) is 42.1 Å². The van der Waals surface area contributed by atoms with E-state index in [1.807, 2.05) is 66.1 Å². The fraction of sp³-hybridized carbons (Fsp3) is 0.115. The van der Waals surface area contributed by atoms with Gasteiger partial charge in [0.05, 0.1) is 6.61 Å². The van der Waals surface area contributed by atoms with Crippen molar-refractivity contribution in [2.24, 2.45) is 0 Å². The topological polar surface area (TPSA) is 43.1 Å². The monoisotopic (exact) mass is 482 g/mol. The number of aryl methyl sites for hydroxylation is 1. The number of esters is 1. The molecule has 0 atom stereocenters. The van der Waals surface area contributed by atoms with Gasteiger partial charge in [0, 0.05) is 17.7 Å². The number of pyridine rings is 2. The average molecular weight is 482 g/mol. The van der Waals surface area contributed by atoms with Crippen molar-refractivity contribution in [3.8, 4) is 28.2 Å². The molecular weight excluding hydrogens is 459 g/mol. The van der Waals surface area contributed by atoms with E-state index in [-0.39, 0.29) is 5.97 Å². The third-order valence-corrected chi connectivity index (χ3v) is 4.88. The van der Waals surface area contributed by atoms with Crippen LogP contribution in [0.5, 0.6) is 0 Å². The summed E-state index contributed by atoms with van der Waals surface area (Å²) in [7, 11) is -6.00. The van der Waals surface area contributed by atoms with Crippen LogP contribution < -0.4 is 4.57 Å². The number of nitrogens with zero attached hydrogens (tertiary/aromatic N) is 2. The molecule has 0 saturated heterocycles. The van der Waals surface area contributed by atoms with E-state index in [4.69, 9.17) is 4.74 Å². The largest absolute Gasteiger partial charge is 0.673 e. The quantitative estimate of drug-likeness (QED) is 0.142. The first-order chi connectivity index (χ1) is 16.7. The minimum atomic E-state index is -6.00. The van der Waals surface area contributed by atoms with Crippen LogP contribution in [0.2, 0.25) is 0 Å². The fourth-order valence-electron chi connectivity index (χ4n) is 3.42. The number of halogens is 4. The van der Waals surface area contributed by atoms with Crippen molar-refractivity contribution in [3.63, 3.8) is 0 Å². The minimum absolute atomic E-state index is 0.302. The summed E-state index contributed by atoms with van der Waals surface area (Å²) in [5.74, 6) is 0.282. The summed E-state index contributed by atoms with van der Waals surface area (Å²) >= 11 is 0.